The summed E-state index contributed by atoms with van der Waals surface area (Å²) in [5.74, 6) is 0.235. The summed E-state index contributed by atoms with van der Waals surface area (Å²) in [6, 6.07) is 4.57. The molecule has 3 nitrogen and oxygen atoms in total. The summed E-state index contributed by atoms with van der Waals surface area (Å²) in [5, 5.41) is 12.8. The van der Waals surface area contributed by atoms with Gasteiger partial charge in [0.05, 0.1) is 13.2 Å². The van der Waals surface area contributed by atoms with Gasteiger partial charge in [-0.25, -0.2) is 4.39 Å². The number of hydrogen-bond donors (Lipinski definition) is 2. The summed E-state index contributed by atoms with van der Waals surface area (Å²) >= 11 is 0. The standard InChI is InChI=1S/C14H22FNO2/c1-4-6-11(17)9-16-10(2)14-12(15)7-5-8-13(14)18-3/h5,7-8,10-11,16-17H,4,6,9H2,1-3H3. The Labute approximate surface area is 108 Å². The molecule has 2 atom stereocenters. The number of ether oxygens (including phenoxy) is 1. The average Bonchev–Trinajstić information content (AvgIpc) is 2.36. The second-order valence-corrected chi connectivity index (χ2v) is 4.43. The second-order valence-electron chi connectivity index (χ2n) is 4.43. The third-order valence-corrected chi connectivity index (χ3v) is 2.95. The minimum atomic E-state index is -0.393. The van der Waals surface area contributed by atoms with Crippen LogP contribution in [0, 0.1) is 5.82 Å². The first-order valence-electron chi connectivity index (χ1n) is 6.34. The van der Waals surface area contributed by atoms with Crippen LogP contribution in [0.1, 0.15) is 38.3 Å². The van der Waals surface area contributed by atoms with E-state index in [4.69, 9.17) is 4.74 Å². The van der Waals surface area contributed by atoms with Crippen LogP contribution in [0.15, 0.2) is 18.2 Å². The van der Waals surface area contributed by atoms with E-state index in [2.05, 4.69) is 5.32 Å². The Morgan fingerprint density at radius 1 is 1.44 bits per heavy atom. The number of hydrogen-bond acceptors (Lipinski definition) is 3. The Bertz CT molecular complexity index is 371. The monoisotopic (exact) mass is 255 g/mol. The highest BCUT2D eigenvalue weighted by Crippen LogP contribution is 2.27. The summed E-state index contributed by atoms with van der Waals surface area (Å²) < 4.78 is 18.9. The fourth-order valence-electron chi connectivity index (χ4n) is 1.97. The first kappa shape index (κ1) is 14.9. The fourth-order valence-corrected chi connectivity index (χ4v) is 1.97. The number of aliphatic hydroxyl groups is 1. The molecule has 0 spiro atoms. The van der Waals surface area contributed by atoms with Crippen molar-refractivity contribution in [2.75, 3.05) is 13.7 Å². The van der Waals surface area contributed by atoms with Gasteiger partial charge < -0.3 is 15.2 Å². The molecule has 0 saturated carbocycles. The topological polar surface area (TPSA) is 41.5 Å². The fraction of sp³-hybridized carbons (Fsp3) is 0.571. The second kappa shape index (κ2) is 7.34. The molecule has 0 aliphatic carbocycles. The highest BCUT2D eigenvalue weighted by atomic mass is 19.1. The van der Waals surface area contributed by atoms with E-state index >= 15 is 0 Å². The van der Waals surface area contributed by atoms with E-state index in [1.807, 2.05) is 13.8 Å². The molecular formula is C14H22FNO2. The van der Waals surface area contributed by atoms with Crippen molar-refractivity contribution in [3.63, 3.8) is 0 Å². The Morgan fingerprint density at radius 2 is 2.17 bits per heavy atom. The molecule has 4 heteroatoms. The van der Waals surface area contributed by atoms with E-state index in [0.29, 0.717) is 17.9 Å². The van der Waals surface area contributed by atoms with Gasteiger partial charge in [0.1, 0.15) is 11.6 Å². The lowest BCUT2D eigenvalue weighted by Crippen LogP contribution is -2.29. The molecule has 0 bridgehead atoms. The molecule has 102 valence electrons. The third-order valence-electron chi connectivity index (χ3n) is 2.95. The van der Waals surface area contributed by atoms with Gasteiger partial charge in [0.2, 0.25) is 0 Å². The molecular weight excluding hydrogens is 233 g/mol. The van der Waals surface area contributed by atoms with Crippen LogP contribution in [0.4, 0.5) is 4.39 Å². The van der Waals surface area contributed by atoms with Gasteiger partial charge in [-0.1, -0.05) is 19.4 Å². The van der Waals surface area contributed by atoms with Crippen molar-refractivity contribution in [2.45, 2.75) is 38.8 Å². The van der Waals surface area contributed by atoms with Gasteiger partial charge in [-0.2, -0.15) is 0 Å². The number of rotatable bonds is 7. The SMILES string of the molecule is CCCC(O)CNC(C)c1c(F)cccc1OC. The van der Waals surface area contributed by atoms with Gasteiger partial charge in [0.25, 0.3) is 0 Å². The lowest BCUT2D eigenvalue weighted by molar-refractivity contribution is 0.156. The van der Waals surface area contributed by atoms with E-state index in [1.54, 1.807) is 12.1 Å². The van der Waals surface area contributed by atoms with Crippen LogP contribution in [0.5, 0.6) is 5.75 Å². The predicted octanol–water partition coefficient (Wildman–Crippen LogP) is 2.65. The van der Waals surface area contributed by atoms with Crippen LogP contribution in [-0.4, -0.2) is 24.9 Å². The number of aliphatic hydroxyl groups excluding tert-OH is 1. The molecule has 0 heterocycles. The summed E-state index contributed by atoms with van der Waals surface area (Å²) in [4.78, 5) is 0. The van der Waals surface area contributed by atoms with E-state index < -0.39 is 6.10 Å². The molecule has 0 fully saturated rings. The lowest BCUT2D eigenvalue weighted by Gasteiger charge is -2.19. The first-order valence-corrected chi connectivity index (χ1v) is 6.34. The molecule has 1 aromatic carbocycles. The quantitative estimate of drug-likeness (QED) is 0.787. The largest absolute Gasteiger partial charge is 0.496 e. The van der Waals surface area contributed by atoms with Crippen molar-refractivity contribution >= 4 is 0 Å². The molecule has 0 aliphatic rings. The Kier molecular flexibility index (Phi) is 6.09. The smallest absolute Gasteiger partial charge is 0.131 e. The van der Waals surface area contributed by atoms with Crippen LogP contribution < -0.4 is 10.1 Å². The molecule has 2 unspecified atom stereocenters. The van der Waals surface area contributed by atoms with Gasteiger partial charge in [-0.05, 0) is 25.5 Å². The van der Waals surface area contributed by atoms with Gasteiger partial charge >= 0.3 is 0 Å². The zero-order valence-electron chi connectivity index (χ0n) is 11.2. The summed E-state index contributed by atoms with van der Waals surface area (Å²) in [6.45, 7) is 4.33. The lowest BCUT2D eigenvalue weighted by atomic mass is 10.1. The zero-order valence-corrected chi connectivity index (χ0v) is 11.2. The van der Waals surface area contributed by atoms with Crippen molar-refractivity contribution in [1.82, 2.24) is 5.32 Å². The van der Waals surface area contributed by atoms with Crippen LogP contribution in [0.2, 0.25) is 0 Å². The third kappa shape index (κ3) is 3.96. The van der Waals surface area contributed by atoms with Gasteiger partial charge in [-0.3, -0.25) is 0 Å². The molecule has 0 aromatic heterocycles. The maximum Gasteiger partial charge on any atom is 0.131 e. The van der Waals surface area contributed by atoms with Gasteiger partial charge in [-0.15, -0.1) is 0 Å². The minimum absolute atomic E-state index is 0.201. The average molecular weight is 255 g/mol. The zero-order chi connectivity index (χ0) is 13.5. The predicted molar refractivity (Wildman–Crippen MR) is 70.3 cm³/mol. The molecule has 1 rings (SSSR count). The highest BCUT2D eigenvalue weighted by Gasteiger charge is 2.16. The molecule has 18 heavy (non-hydrogen) atoms. The van der Waals surface area contributed by atoms with Crippen molar-refractivity contribution in [1.29, 1.82) is 0 Å². The van der Waals surface area contributed by atoms with Gasteiger partial charge in [0, 0.05) is 18.2 Å². The number of nitrogens with one attached hydrogen (secondary N) is 1. The van der Waals surface area contributed by atoms with Crippen LogP contribution >= 0.6 is 0 Å². The Hall–Kier alpha value is -1.13. The van der Waals surface area contributed by atoms with E-state index in [-0.39, 0.29) is 11.9 Å². The maximum absolute atomic E-state index is 13.8. The van der Waals surface area contributed by atoms with Gasteiger partial charge in [0.15, 0.2) is 0 Å². The number of methoxy groups -OCH3 is 1. The highest BCUT2D eigenvalue weighted by molar-refractivity contribution is 5.36. The maximum atomic E-state index is 13.8. The molecule has 0 aliphatic heterocycles. The number of halogens is 1. The Morgan fingerprint density at radius 3 is 2.78 bits per heavy atom. The van der Waals surface area contributed by atoms with Crippen molar-refractivity contribution < 1.29 is 14.2 Å². The van der Waals surface area contributed by atoms with Crippen molar-refractivity contribution in [3.05, 3.63) is 29.6 Å². The van der Waals surface area contributed by atoms with Crippen LogP contribution in [0.25, 0.3) is 0 Å². The minimum Gasteiger partial charge on any atom is -0.496 e. The summed E-state index contributed by atoms with van der Waals surface area (Å²) in [7, 11) is 1.52. The molecule has 0 amide bonds. The molecule has 0 saturated heterocycles. The Balaban J connectivity index is 2.69. The number of benzene rings is 1. The van der Waals surface area contributed by atoms with Crippen LogP contribution in [-0.2, 0) is 0 Å². The molecule has 2 N–H and O–H groups in total. The van der Waals surface area contributed by atoms with Crippen LogP contribution in [0.3, 0.4) is 0 Å². The van der Waals surface area contributed by atoms with E-state index in [0.717, 1.165) is 12.8 Å². The van der Waals surface area contributed by atoms with Crippen molar-refractivity contribution in [3.8, 4) is 5.75 Å². The summed E-state index contributed by atoms with van der Waals surface area (Å²) in [5.41, 5.74) is 0.503. The van der Waals surface area contributed by atoms with E-state index in [1.165, 1.54) is 13.2 Å². The normalized spacial score (nSPS) is 14.3. The first-order chi connectivity index (χ1) is 8.60. The van der Waals surface area contributed by atoms with E-state index in [9.17, 15) is 9.50 Å². The molecule has 0 radical (unpaired) electrons. The molecule has 1 aromatic rings. The van der Waals surface area contributed by atoms with Crippen molar-refractivity contribution in [2.24, 2.45) is 0 Å². The summed E-state index contributed by atoms with van der Waals surface area (Å²) in [6.07, 6.45) is 1.28.